The van der Waals surface area contributed by atoms with E-state index in [9.17, 15) is 4.39 Å². The third kappa shape index (κ3) is 2.82. The second-order valence-electron chi connectivity index (χ2n) is 4.60. The van der Waals surface area contributed by atoms with E-state index < -0.39 is 0 Å². The van der Waals surface area contributed by atoms with Crippen LogP contribution in [-0.4, -0.2) is 38.2 Å². The van der Waals surface area contributed by atoms with Gasteiger partial charge in [-0.15, -0.1) is 0 Å². The van der Waals surface area contributed by atoms with Gasteiger partial charge in [0.2, 0.25) is 0 Å². The number of benzene rings is 1. The molecule has 0 radical (unpaired) electrons. The summed E-state index contributed by atoms with van der Waals surface area (Å²) in [7, 11) is 1.49. The third-order valence-corrected chi connectivity index (χ3v) is 3.54. The smallest absolute Gasteiger partial charge is 0.165 e. The Bertz CT molecular complexity index is 391. The summed E-state index contributed by atoms with van der Waals surface area (Å²) < 4.78 is 18.7. The highest BCUT2D eigenvalue weighted by Crippen LogP contribution is 2.28. The van der Waals surface area contributed by atoms with E-state index in [0.717, 1.165) is 38.2 Å². The van der Waals surface area contributed by atoms with Crippen molar-refractivity contribution in [1.82, 2.24) is 10.2 Å². The molecule has 1 N–H and O–H groups in total. The number of piperazine rings is 1. The number of nitrogens with one attached hydrogen (secondary N) is 1. The highest BCUT2D eigenvalue weighted by Gasteiger charge is 2.21. The molecule has 0 aromatic heterocycles. The molecule has 4 heteroatoms. The summed E-state index contributed by atoms with van der Waals surface area (Å²) in [5.41, 5.74) is 1.04. The molecule has 0 aliphatic carbocycles. The first-order valence-electron chi connectivity index (χ1n) is 6.54. The number of hydrogen-bond acceptors (Lipinski definition) is 3. The molecule has 1 aliphatic rings. The van der Waals surface area contributed by atoms with Crippen LogP contribution in [0.1, 0.15) is 24.9 Å². The molecule has 0 amide bonds. The van der Waals surface area contributed by atoms with Crippen LogP contribution in [0.25, 0.3) is 0 Å². The summed E-state index contributed by atoms with van der Waals surface area (Å²) in [6.07, 6.45) is 0.992. The molecule has 18 heavy (non-hydrogen) atoms. The average Bonchev–Trinajstić information content (AvgIpc) is 2.41. The van der Waals surface area contributed by atoms with E-state index in [-0.39, 0.29) is 5.82 Å². The third-order valence-electron chi connectivity index (χ3n) is 3.54. The predicted molar refractivity (Wildman–Crippen MR) is 70.4 cm³/mol. The normalized spacial score (nSPS) is 18.6. The molecular weight excluding hydrogens is 231 g/mol. The van der Waals surface area contributed by atoms with Crippen LogP contribution >= 0.6 is 0 Å². The van der Waals surface area contributed by atoms with Crippen molar-refractivity contribution in [2.45, 2.75) is 19.4 Å². The lowest BCUT2D eigenvalue weighted by Crippen LogP contribution is -2.45. The molecule has 1 saturated heterocycles. The predicted octanol–water partition coefficient (Wildman–Crippen LogP) is 2.19. The number of ether oxygens (including phenoxy) is 1. The molecule has 1 aromatic carbocycles. The van der Waals surface area contributed by atoms with E-state index in [1.807, 2.05) is 6.07 Å². The molecule has 2 rings (SSSR count). The first kappa shape index (κ1) is 13.3. The van der Waals surface area contributed by atoms with Crippen molar-refractivity contribution < 1.29 is 9.13 Å². The lowest BCUT2D eigenvalue weighted by atomic mass is 10.0. The zero-order valence-corrected chi connectivity index (χ0v) is 11.1. The van der Waals surface area contributed by atoms with Gasteiger partial charge in [-0.25, -0.2) is 4.39 Å². The van der Waals surface area contributed by atoms with Gasteiger partial charge in [-0.2, -0.15) is 0 Å². The van der Waals surface area contributed by atoms with Crippen LogP contribution in [-0.2, 0) is 0 Å². The first-order valence-corrected chi connectivity index (χ1v) is 6.54. The number of halogens is 1. The molecule has 100 valence electrons. The van der Waals surface area contributed by atoms with Crippen molar-refractivity contribution in [3.05, 3.63) is 29.6 Å². The van der Waals surface area contributed by atoms with Crippen LogP contribution in [0.15, 0.2) is 18.2 Å². The minimum atomic E-state index is -0.274. The Labute approximate surface area is 108 Å². The standard InChI is InChI=1S/C14H21FN2O/c1-3-13(17-8-6-16-7-9-17)11-4-5-14(18-2)12(15)10-11/h4-5,10,13,16H,3,6-9H2,1-2H3/t13-/m1/s1. The summed E-state index contributed by atoms with van der Waals surface area (Å²) in [6, 6.07) is 5.59. The zero-order chi connectivity index (χ0) is 13.0. The maximum Gasteiger partial charge on any atom is 0.165 e. The quantitative estimate of drug-likeness (QED) is 0.889. The monoisotopic (exact) mass is 252 g/mol. The van der Waals surface area contributed by atoms with Crippen LogP contribution in [0.5, 0.6) is 5.75 Å². The summed E-state index contributed by atoms with van der Waals surface area (Å²) in [6.45, 7) is 6.21. The van der Waals surface area contributed by atoms with E-state index in [2.05, 4.69) is 17.1 Å². The van der Waals surface area contributed by atoms with Gasteiger partial charge in [0.1, 0.15) is 0 Å². The minimum absolute atomic E-state index is 0.274. The Balaban J connectivity index is 2.18. The maximum atomic E-state index is 13.8. The molecule has 1 aliphatic heterocycles. The van der Waals surface area contributed by atoms with Crippen molar-refractivity contribution in [3.63, 3.8) is 0 Å². The number of methoxy groups -OCH3 is 1. The Morgan fingerprint density at radius 3 is 2.67 bits per heavy atom. The Hall–Kier alpha value is -1.13. The Morgan fingerprint density at radius 1 is 1.39 bits per heavy atom. The Kier molecular flexibility index (Phi) is 4.55. The van der Waals surface area contributed by atoms with Gasteiger partial charge in [0.15, 0.2) is 11.6 Å². The van der Waals surface area contributed by atoms with E-state index in [0.29, 0.717) is 11.8 Å². The van der Waals surface area contributed by atoms with Crippen LogP contribution in [0.4, 0.5) is 4.39 Å². The molecule has 1 atom stereocenters. The molecular formula is C14H21FN2O. The second kappa shape index (κ2) is 6.16. The van der Waals surface area contributed by atoms with Gasteiger partial charge in [0, 0.05) is 32.2 Å². The second-order valence-corrected chi connectivity index (χ2v) is 4.60. The van der Waals surface area contributed by atoms with Crippen LogP contribution in [0, 0.1) is 5.82 Å². The lowest BCUT2D eigenvalue weighted by Gasteiger charge is -2.34. The van der Waals surface area contributed by atoms with E-state index in [1.165, 1.54) is 7.11 Å². The highest BCUT2D eigenvalue weighted by atomic mass is 19.1. The zero-order valence-electron chi connectivity index (χ0n) is 11.1. The van der Waals surface area contributed by atoms with E-state index in [4.69, 9.17) is 4.74 Å². The SMILES string of the molecule is CC[C@H](c1ccc(OC)c(F)c1)N1CCNCC1. The summed E-state index contributed by atoms with van der Waals surface area (Å²) in [5, 5.41) is 3.34. The summed E-state index contributed by atoms with van der Waals surface area (Å²) in [4.78, 5) is 2.41. The number of rotatable bonds is 4. The molecule has 0 spiro atoms. The average molecular weight is 252 g/mol. The Morgan fingerprint density at radius 2 is 2.11 bits per heavy atom. The van der Waals surface area contributed by atoms with Gasteiger partial charge in [-0.05, 0) is 24.1 Å². The van der Waals surface area contributed by atoms with Gasteiger partial charge < -0.3 is 10.1 Å². The fourth-order valence-corrected chi connectivity index (χ4v) is 2.59. The molecule has 0 bridgehead atoms. The molecule has 0 saturated carbocycles. The van der Waals surface area contributed by atoms with Crippen LogP contribution < -0.4 is 10.1 Å². The van der Waals surface area contributed by atoms with E-state index >= 15 is 0 Å². The van der Waals surface area contributed by atoms with Crippen molar-refractivity contribution >= 4 is 0 Å². The van der Waals surface area contributed by atoms with Gasteiger partial charge in [0.25, 0.3) is 0 Å². The highest BCUT2D eigenvalue weighted by molar-refractivity contribution is 5.31. The number of hydrogen-bond donors (Lipinski definition) is 1. The molecule has 1 fully saturated rings. The molecule has 1 aromatic rings. The van der Waals surface area contributed by atoms with Gasteiger partial charge in [0.05, 0.1) is 7.11 Å². The van der Waals surface area contributed by atoms with E-state index in [1.54, 1.807) is 12.1 Å². The fraction of sp³-hybridized carbons (Fsp3) is 0.571. The van der Waals surface area contributed by atoms with Gasteiger partial charge >= 0.3 is 0 Å². The fourth-order valence-electron chi connectivity index (χ4n) is 2.59. The van der Waals surface area contributed by atoms with Crippen molar-refractivity contribution in [2.24, 2.45) is 0 Å². The first-order chi connectivity index (χ1) is 8.76. The van der Waals surface area contributed by atoms with Crippen LogP contribution in [0.2, 0.25) is 0 Å². The van der Waals surface area contributed by atoms with Gasteiger partial charge in [-0.3, -0.25) is 4.90 Å². The lowest BCUT2D eigenvalue weighted by molar-refractivity contribution is 0.169. The van der Waals surface area contributed by atoms with Crippen LogP contribution in [0.3, 0.4) is 0 Å². The van der Waals surface area contributed by atoms with Crippen molar-refractivity contribution in [1.29, 1.82) is 0 Å². The number of nitrogens with zero attached hydrogens (tertiary/aromatic N) is 1. The molecule has 0 unspecified atom stereocenters. The van der Waals surface area contributed by atoms with Crippen molar-refractivity contribution in [2.75, 3.05) is 33.3 Å². The van der Waals surface area contributed by atoms with Crippen molar-refractivity contribution in [3.8, 4) is 5.75 Å². The summed E-state index contributed by atoms with van der Waals surface area (Å²) in [5.74, 6) is 0.0394. The minimum Gasteiger partial charge on any atom is -0.494 e. The topological polar surface area (TPSA) is 24.5 Å². The molecule has 1 heterocycles. The van der Waals surface area contributed by atoms with Gasteiger partial charge in [-0.1, -0.05) is 13.0 Å². The summed E-state index contributed by atoms with van der Waals surface area (Å²) >= 11 is 0. The molecule has 3 nitrogen and oxygen atoms in total. The largest absolute Gasteiger partial charge is 0.494 e. The maximum absolute atomic E-state index is 13.8.